The average Bonchev–Trinajstić information content (AvgIpc) is 3.31. The number of nitrogens with zero attached hydrogens (tertiary/aromatic N) is 2. The first-order chi connectivity index (χ1) is 14.2. The number of benzene rings is 1. The molecular formula is C22H23F4N3O. The lowest BCUT2D eigenvalue weighted by atomic mass is 9.80. The van der Waals surface area contributed by atoms with E-state index in [0.717, 1.165) is 28.1 Å². The number of amides is 1. The van der Waals surface area contributed by atoms with Crippen LogP contribution in [0.3, 0.4) is 0 Å². The summed E-state index contributed by atoms with van der Waals surface area (Å²) >= 11 is 0. The van der Waals surface area contributed by atoms with E-state index >= 15 is 0 Å². The van der Waals surface area contributed by atoms with Crippen molar-refractivity contribution >= 4 is 11.6 Å². The summed E-state index contributed by atoms with van der Waals surface area (Å²) in [6.45, 7) is 1.69. The Balaban J connectivity index is 1.57. The van der Waals surface area contributed by atoms with Crippen LogP contribution in [-0.2, 0) is 4.79 Å². The number of hydrazine groups is 1. The summed E-state index contributed by atoms with van der Waals surface area (Å²) in [5.41, 5.74) is 8.01. The number of hydrogen-bond donors (Lipinski definition) is 1. The van der Waals surface area contributed by atoms with E-state index in [-0.39, 0.29) is 24.2 Å². The van der Waals surface area contributed by atoms with Gasteiger partial charge in [-0.05, 0) is 54.3 Å². The molecule has 3 aliphatic rings. The van der Waals surface area contributed by atoms with Crippen molar-refractivity contribution in [3.63, 3.8) is 0 Å². The first-order valence-corrected chi connectivity index (χ1v) is 9.94. The van der Waals surface area contributed by atoms with E-state index in [1.54, 1.807) is 12.1 Å². The Morgan fingerprint density at radius 3 is 2.63 bits per heavy atom. The van der Waals surface area contributed by atoms with Crippen molar-refractivity contribution in [2.45, 2.75) is 32.4 Å². The molecule has 0 aromatic heterocycles. The number of alkyl halides is 3. The number of carbonyl (C=O) groups is 1. The summed E-state index contributed by atoms with van der Waals surface area (Å²) in [7, 11) is 1.44. The van der Waals surface area contributed by atoms with Crippen molar-refractivity contribution in [2.24, 2.45) is 11.8 Å². The Bertz CT molecular complexity index is 946. The van der Waals surface area contributed by atoms with Crippen molar-refractivity contribution in [3.8, 4) is 0 Å². The third-order valence-electron chi connectivity index (χ3n) is 6.07. The molecule has 8 heteroatoms. The maximum Gasteiger partial charge on any atom is 0.390 e. The zero-order chi connectivity index (χ0) is 21.6. The van der Waals surface area contributed by atoms with Gasteiger partial charge in [0.2, 0.25) is 5.91 Å². The van der Waals surface area contributed by atoms with Crippen LogP contribution >= 0.6 is 0 Å². The minimum Gasteiger partial charge on any atom is -0.345 e. The topological polar surface area (TPSA) is 35.6 Å². The van der Waals surface area contributed by atoms with Crippen LogP contribution in [0.15, 0.2) is 59.0 Å². The van der Waals surface area contributed by atoms with Gasteiger partial charge in [0, 0.05) is 31.3 Å². The lowest BCUT2D eigenvalue weighted by Crippen LogP contribution is -2.36. The van der Waals surface area contributed by atoms with Gasteiger partial charge in [0.15, 0.2) is 0 Å². The number of nitrogens with one attached hydrogen (secondary N) is 1. The molecule has 0 fully saturated rings. The Kier molecular flexibility index (Phi) is 5.11. The minimum absolute atomic E-state index is 0.0367. The molecular weight excluding hydrogens is 398 g/mol. The summed E-state index contributed by atoms with van der Waals surface area (Å²) in [6, 6.07) is 6.16. The monoisotopic (exact) mass is 421 g/mol. The molecule has 0 radical (unpaired) electrons. The number of allylic oxidation sites excluding steroid dienone is 3. The molecule has 0 unspecified atom stereocenters. The molecule has 4 rings (SSSR count). The summed E-state index contributed by atoms with van der Waals surface area (Å²) < 4.78 is 50.9. The maximum absolute atomic E-state index is 13.3. The highest BCUT2D eigenvalue weighted by atomic mass is 19.4. The Morgan fingerprint density at radius 1 is 1.27 bits per heavy atom. The van der Waals surface area contributed by atoms with Gasteiger partial charge in [-0.1, -0.05) is 6.92 Å². The van der Waals surface area contributed by atoms with Crippen LogP contribution in [0.2, 0.25) is 0 Å². The fraction of sp³-hybridized carbons (Fsp3) is 0.409. The number of fused-ring (bicyclic) bond motifs is 1. The SMILES string of the molecule is C[C@H]1C2=CNN(c3ccc(F)cc3)C2=CC2=C1[C@@H](C(=O)N(C)CCC(F)(F)F)CC2. The molecule has 4 nitrogen and oxygen atoms in total. The predicted octanol–water partition coefficient (Wildman–Crippen LogP) is 4.69. The first kappa shape index (κ1) is 20.5. The average molecular weight is 421 g/mol. The van der Waals surface area contributed by atoms with Crippen molar-refractivity contribution in [1.29, 1.82) is 0 Å². The summed E-state index contributed by atoms with van der Waals surface area (Å²) in [5, 5.41) is 1.87. The van der Waals surface area contributed by atoms with Gasteiger partial charge in [0.05, 0.1) is 23.7 Å². The molecule has 1 aromatic rings. The summed E-state index contributed by atoms with van der Waals surface area (Å²) in [5.74, 6) is -0.999. The Morgan fingerprint density at radius 2 is 1.97 bits per heavy atom. The zero-order valence-corrected chi connectivity index (χ0v) is 16.8. The molecule has 0 saturated carbocycles. The highest BCUT2D eigenvalue weighted by Crippen LogP contribution is 2.48. The quantitative estimate of drug-likeness (QED) is 0.717. The number of rotatable bonds is 4. The van der Waals surface area contributed by atoms with Gasteiger partial charge in [0.25, 0.3) is 0 Å². The third kappa shape index (κ3) is 3.70. The fourth-order valence-corrected chi connectivity index (χ4v) is 4.52. The van der Waals surface area contributed by atoms with Gasteiger partial charge >= 0.3 is 6.18 Å². The Hall–Kier alpha value is -2.77. The van der Waals surface area contributed by atoms with Crippen molar-refractivity contribution in [2.75, 3.05) is 18.6 Å². The molecule has 0 spiro atoms. The minimum atomic E-state index is -4.28. The second-order valence-corrected chi connectivity index (χ2v) is 7.99. The molecule has 30 heavy (non-hydrogen) atoms. The number of anilines is 1. The number of carbonyl (C=O) groups excluding carboxylic acids is 1. The molecule has 1 heterocycles. The highest BCUT2D eigenvalue weighted by Gasteiger charge is 2.41. The van der Waals surface area contributed by atoms with E-state index in [1.165, 1.54) is 24.1 Å². The van der Waals surface area contributed by atoms with Crippen molar-refractivity contribution in [3.05, 3.63) is 64.8 Å². The second kappa shape index (κ2) is 7.49. The van der Waals surface area contributed by atoms with E-state index < -0.39 is 18.5 Å². The molecule has 0 bridgehead atoms. The van der Waals surface area contributed by atoms with Gasteiger partial charge in [0.1, 0.15) is 5.82 Å². The van der Waals surface area contributed by atoms with Gasteiger partial charge in [-0.25, -0.2) is 4.39 Å². The molecule has 1 aliphatic heterocycles. The van der Waals surface area contributed by atoms with E-state index in [9.17, 15) is 22.4 Å². The van der Waals surface area contributed by atoms with Crippen LogP contribution < -0.4 is 10.4 Å². The van der Waals surface area contributed by atoms with Crippen LogP contribution in [0.1, 0.15) is 26.2 Å². The normalized spacial score (nSPS) is 22.9. The smallest absolute Gasteiger partial charge is 0.345 e. The molecule has 160 valence electrons. The van der Waals surface area contributed by atoms with E-state index in [2.05, 4.69) is 5.43 Å². The standard InChI is InChI=1S/C22H23F4N3O/c1-13-18-12-27-29(16-6-4-15(23)5-7-16)19(18)11-14-3-8-17(20(13)14)21(30)28(2)10-9-22(24,25)26/h4-7,11-13,17,27H,3,8-10H2,1-2H3/t13-,17-/m0/s1. The van der Waals surface area contributed by atoms with E-state index in [4.69, 9.17) is 0 Å². The van der Waals surface area contributed by atoms with Crippen molar-refractivity contribution in [1.82, 2.24) is 10.3 Å². The predicted molar refractivity (Wildman–Crippen MR) is 105 cm³/mol. The van der Waals surface area contributed by atoms with Crippen LogP contribution in [0.4, 0.5) is 23.2 Å². The summed E-state index contributed by atoms with van der Waals surface area (Å²) in [4.78, 5) is 14.1. The summed E-state index contributed by atoms with van der Waals surface area (Å²) in [6.07, 6.45) is -0.0728. The third-order valence-corrected chi connectivity index (χ3v) is 6.07. The van der Waals surface area contributed by atoms with E-state index in [0.29, 0.717) is 12.8 Å². The lowest BCUT2D eigenvalue weighted by Gasteiger charge is -2.31. The molecule has 0 saturated heterocycles. The number of halogens is 4. The largest absolute Gasteiger partial charge is 0.390 e. The van der Waals surface area contributed by atoms with Crippen LogP contribution in [0.25, 0.3) is 0 Å². The molecule has 1 amide bonds. The first-order valence-electron chi connectivity index (χ1n) is 9.94. The van der Waals surface area contributed by atoms with E-state index in [1.807, 2.05) is 24.2 Å². The molecule has 1 aromatic carbocycles. The lowest BCUT2D eigenvalue weighted by molar-refractivity contribution is -0.145. The highest BCUT2D eigenvalue weighted by molar-refractivity contribution is 5.84. The molecule has 1 N–H and O–H groups in total. The van der Waals surface area contributed by atoms with Crippen molar-refractivity contribution < 1.29 is 22.4 Å². The number of hydrogen-bond acceptors (Lipinski definition) is 3. The van der Waals surface area contributed by atoms with Gasteiger partial charge < -0.3 is 10.3 Å². The van der Waals surface area contributed by atoms with Crippen LogP contribution in [0, 0.1) is 17.7 Å². The maximum atomic E-state index is 13.3. The van der Waals surface area contributed by atoms with Gasteiger partial charge in [-0.15, -0.1) is 0 Å². The van der Waals surface area contributed by atoms with Gasteiger partial charge in [-0.2, -0.15) is 13.2 Å². The fourth-order valence-electron chi connectivity index (χ4n) is 4.52. The van der Waals surface area contributed by atoms with Gasteiger partial charge in [-0.3, -0.25) is 9.80 Å². The van der Waals surface area contributed by atoms with Crippen LogP contribution in [-0.4, -0.2) is 30.6 Å². The van der Waals surface area contributed by atoms with Crippen LogP contribution in [0.5, 0.6) is 0 Å². The molecule has 2 aliphatic carbocycles. The Labute approximate surface area is 172 Å². The molecule has 2 atom stereocenters. The second-order valence-electron chi connectivity index (χ2n) is 7.99. The zero-order valence-electron chi connectivity index (χ0n) is 16.8.